The van der Waals surface area contributed by atoms with E-state index >= 15 is 0 Å². The number of Topliss-reactive ketones (excluding diaryl/α,β-unsaturated/α-hetero) is 1. The van der Waals surface area contributed by atoms with E-state index in [9.17, 15) is 24.3 Å². The van der Waals surface area contributed by atoms with Crippen molar-refractivity contribution in [2.24, 2.45) is 5.41 Å². The number of rotatable bonds is 17. The SMILES string of the molecule is C=CCOCC(C)(C)C(=O)C(=O)N1CCCC[C@H]1C(=O)O[C@H](CCc1ccc(OC)c(OC)c1)c1cc(O)cc(OCC(=O)O)c1. The van der Waals surface area contributed by atoms with Crippen LogP contribution in [0.1, 0.15) is 56.8 Å². The number of amides is 1. The molecule has 12 nitrogen and oxygen atoms in total. The Morgan fingerprint density at radius 2 is 1.80 bits per heavy atom. The van der Waals surface area contributed by atoms with Crippen molar-refractivity contribution in [1.82, 2.24) is 4.90 Å². The van der Waals surface area contributed by atoms with Gasteiger partial charge in [-0.15, -0.1) is 6.58 Å². The molecule has 0 saturated carbocycles. The molecule has 1 aliphatic rings. The van der Waals surface area contributed by atoms with E-state index in [1.165, 1.54) is 37.3 Å². The lowest BCUT2D eigenvalue weighted by atomic mass is 9.87. The van der Waals surface area contributed by atoms with Crippen LogP contribution in [0.15, 0.2) is 49.1 Å². The van der Waals surface area contributed by atoms with Crippen LogP contribution in [-0.4, -0.2) is 85.4 Å². The molecule has 1 saturated heterocycles. The topological polar surface area (TPSA) is 158 Å². The molecule has 2 N–H and O–H groups in total. The summed E-state index contributed by atoms with van der Waals surface area (Å²) in [7, 11) is 3.05. The molecule has 46 heavy (non-hydrogen) atoms. The normalized spacial score (nSPS) is 15.4. The average Bonchev–Trinajstić information content (AvgIpc) is 3.04. The smallest absolute Gasteiger partial charge is 0.341 e. The van der Waals surface area contributed by atoms with Crippen LogP contribution in [0.4, 0.5) is 0 Å². The standard InChI is InChI=1S/C34H43NO11/c1-6-15-44-21-34(2,3)31(39)32(40)35-14-8-7-9-26(35)33(41)46-27(12-10-22-11-13-28(42-4)29(16-22)43-5)23-17-24(36)19-25(18-23)45-20-30(37)38/h6,11,13,16-19,26-27,36H,1,7-10,12,14-15,20-21H2,2-5H3,(H,37,38)/t26-,27+/m0/s1. The number of likely N-dealkylation sites (tertiary alicyclic amines) is 1. The minimum atomic E-state index is -1.20. The lowest BCUT2D eigenvalue weighted by Crippen LogP contribution is -2.53. The predicted molar refractivity (Wildman–Crippen MR) is 167 cm³/mol. The number of aliphatic carboxylic acids is 1. The number of piperidine rings is 1. The Balaban J connectivity index is 1.88. The van der Waals surface area contributed by atoms with E-state index in [0.717, 1.165) is 5.56 Å². The van der Waals surface area contributed by atoms with E-state index in [1.807, 2.05) is 6.07 Å². The van der Waals surface area contributed by atoms with Gasteiger partial charge in [0.05, 0.1) is 32.8 Å². The van der Waals surface area contributed by atoms with Gasteiger partial charge in [0, 0.05) is 12.6 Å². The Morgan fingerprint density at radius 1 is 1.07 bits per heavy atom. The van der Waals surface area contributed by atoms with Gasteiger partial charge >= 0.3 is 11.9 Å². The Morgan fingerprint density at radius 3 is 2.48 bits per heavy atom. The molecule has 0 unspecified atom stereocenters. The first-order valence-corrected chi connectivity index (χ1v) is 15.0. The second-order valence-corrected chi connectivity index (χ2v) is 11.6. The van der Waals surface area contributed by atoms with E-state index in [2.05, 4.69) is 6.58 Å². The van der Waals surface area contributed by atoms with Crippen LogP contribution < -0.4 is 14.2 Å². The molecule has 250 valence electrons. The largest absolute Gasteiger partial charge is 0.508 e. The van der Waals surface area contributed by atoms with Gasteiger partial charge in [-0.1, -0.05) is 26.0 Å². The number of aryl methyl sites for hydroxylation is 1. The maximum absolute atomic E-state index is 13.8. The summed E-state index contributed by atoms with van der Waals surface area (Å²) < 4.78 is 27.5. The summed E-state index contributed by atoms with van der Waals surface area (Å²) in [6.07, 6.45) is 2.85. The second kappa shape index (κ2) is 16.6. The Kier molecular flexibility index (Phi) is 13.0. The molecule has 12 heteroatoms. The maximum Gasteiger partial charge on any atom is 0.341 e. The summed E-state index contributed by atoms with van der Waals surface area (Å²) in [5.74, 6) is -2.42. The van der Waals surface area contributed by atoms with Crippen molar-refractivity contribution in [2.45, 2.75) is 58.1 Å². The number of carbonyl (C=O) groups excluding carboxylic acids is 3. The number of carbonyl (C=O) groups is 4. The second-order valence-electron chi connectivity index (χ2n) is 11.6. The third kappa shape index (κ3) is 9.71. The molecule has 2 aromatic carbocycles. The zero-order chi connectivity index (χ0) is 33.9. The Labute approximate surface area is 268 Å². The third-order valence-electron chi connectivity index (χ3n) is 7.59. The fourth-order valence-electron chi connectivity index (χ4n) is 5.17. The fraction of sp³-hybridized carbons (Fsp3) is 0.471. The van der Waals surface area contributed by atoms with Crippen LogP contribution in [0, 0.1) is 5.41 Å². The summed E-state index contributed by atoms with van der Waals surface area (Å²) in [4.78, 5) is 52.9. The van der Waals surface area contributed by atoms with Gasteiger partial charge in [-0.3, -0.25) is 9.59 Å². The van der Waals surface area contributed by atoms with Crippen molar-refractivity contribution >= 4 is 23.6 Å². The highest BCUT2D eigenvalue weighted by atomic mass is 16.5. The highest BCUT2D eigenvalue weighted by molar-refractivity contribution is 6.38. The number of carboxylic acids is 1. The van der Waals surface area contributed by atoms with Crippen molar-refractivity contribution in [3.8, 4) is 23.0 Å². The molecule has 0 radical (unpaired) electrons. The number of carboxylic acid groups (broad SMARTS) is 1. The van der Waals surface area contributed by atoms with E-state index in [-0.39, 0.29) is 37.7 Å². The van der Waals surface area contributed by atoms with Crippen LogP contribution >= 0.6 is 0 Å². The molecule has 2 aromatic rings. The van der Waals surface area contributed by atoms with E-state index in [0.29, 0.717) is 42.7 Å². The molecule has 2 atom stereocenters. The number of ketones is 1. The van der Waals surface area contributed by atoms with Gasteiger partial charge in [0.2, 0.25) is 5.78 Å². The monoisotopic (exact) mass is 641 g/mol. The van der Waals surface area contributed by atoms with Crippen LogP contribution in [0.25, 0.3) is 0 Å². The number of phenolic OH excluding ortho intramolecular Hbond substituents is 1. The van der Waals surface area contributed by atoms with E-state index in [1.54, 1.807) is 32.1 Å². The lowest BCUT2D eigenvalue weighted by molar-refractivity contribution is -0.165. The van der Waals surface area contributed by atoms with Gasteiger partial charge in [-0.25, -0.2) is 9.59 Å². The number of phenols is 1. The van der Waals surface area contributed by atoms with Crippen LogP contribution in [0.5, 0.6) is 23.0 Å². The summed E-state index contributed by atoms with van der Waals surface area (Å²) in [6.45, 7) is 6.63. The van der Waals surface area contributed by atoms with Gasteiger partial charge in [0.25, 0.3) is 5.91 Å². The fourth-order valence-corrected chi connectivity index (χ4v) is 5.17. The van der Waals surface area contributed by atoms with Gasteiger partial charge in [-0.05, 0) is 67.5 Å². The molecular formula is C34H43NO11. The summed E-state index contributed by atoms with van der Waals surface area (Å²) in [5.41, 5.74) is 0.0867. The molecule has 3 rings (SSSR count). The summed E-state index contributed by atoms with van der Waals surface area (Å²) >= 11 is 0. The minimum absolute atomic E-state index is 0.00848. The predicted octanol–water partition coefficient (Wildman–Crippen LogP) is 4.27. The Bertz CT molecular complexity index is 1400. The van der Waals surface area contributed by atoms with Crippen LogP contribution in [0.2, 0.25) is 0 Å². The summed E-state index contributed by atoms with van der Waals surface area (Å²) in [5, 5.41) is 19.5. The number of ether oxygens (including phenoxy) is 5. The van der Waals surface area contributed by atoms with Crippen LogP contribution in [-0.2, 0) is 35.1 Å². The number of aromatic hydroxyl groups is 1. The minimum Gasteiger partial charge on any atom is -0.508 e. The van der Waals surface area contributed by atoms with Crippen molar-refractivity contribution in [2.75, 3.05) is 40.6 Å². The molecule has 0 bridgehead atoms. The first-order valence-electron chi connectivity index (χ1n) is 15.0. The molecule has 0 spiro atoms. The van der Waals surface area contributed by atoms with Crippen molar-refractivity contribution < 1.29 is 53.1 Å². The molecule has 0 aromatic heterocycles. The van der Waals surface area contributed by atoms with Gasteiger partial charge in [0.15, 0.2) is 18.1 Å². The van der Waals surface area contributed by atoms with Gasteiger partial charge in [0.1, 0.15) is 23.6 Å². The molecule has 1 fully saturated rings. The van der Waals surface area contributed by atoms with E-state index in [4.69, 9.17) is 28.8 Å². The van der Waals surface area contributed by atoms with Crippen molar-refractivity contribution in [3.63, 3.8) is 0 Å². The zero-order valence-electron chi connectivity index (χ0n) is 26.8. The number of benzene rings is 2. The number of hydrogen-bond acceptors (Lipinski definition) is 10. The first kappa shape index (κ1) is 35.9. The lowest BCUT2D eigenvalue weighted by Gasteiger charge is -2.36. The molecular weight excluding hydrogens is 598 g/mol. The van der Waals surface area contributed by atoms with Gasteiger partial charge < -0.3 is 38.8 Å². The van der Waals surface area contributed by atoms with Crippen LogP contribution in [0.3, 0.4) is 0 Å². The molecule has 1 heterocycles. The molecule has 0 aliphatic carbocycles. The molecule has 1 amide bonds. The zero-order valence-corrected chi connectivity index (χ0v) is 26.8. The maximum atomic E-state index is 13.8. The van der Waals surface area contributed by atoms with Crippen molar-refractivity contribution in [1.29, 1.82) is 0 Å². The number of methoxy groups -OCH3 is 2. The highest BCUT2D eigenvalue weighted by Gasteiger charge is 2.42. The highest BCUT2D eigenvalue weighted by Crippen LogP contribution is 2.34. The molecule has 1 aliphatic heterocycles. The van der Waals surface area contributed by atoms with Gasteiger partial charge in [-0.2, -0.15) is 0 Å². The number of nitrogens with zero attached hydrogens (tertiary/aromatic N) is 1. The number of hydrogen-bond donors (Lipinski definition) is 2. The number of esters is 1. The first-order chi connectivity index (χ1) is 21.9. The quantitative estimate of drug-likeness (QED) is 0.110. The summed E-state index contributed by atoms with van der Waals surface area (Å²) in [6, 6.07) is 8.56. The Hall–Kier alpha value is -4.58. The third-order valence-corrected chi connectivity index (χ3v) is 7.59. The van der Waals surface area contributed by atoms with E-state index < -0.39 is 47.8 Å². The average molecular weight is 642 g/mol. The van der Waals surface area contributed by atoms with Crippen molar-refractivity contribution in [3.05, 3.63) is 60.2 Å².